The molecule has 0 bridgehead atoms. The van der Waals surface area contributed by atoms with Crippen molar-refractivity contribution in [1.29, 1.82) is 0 Å². The standard InChI is InChI=1S/C21H24ClFN2O5S/c22-15-2-1-3-18(12-15)31(28,29)24-11-10-17-8-9-19(20(13-26)30-17)25-21(27)14-4-6-16(23)7-5-14/h1-7,12,17,19-20,24,26H,8-11,13H2,(H,25,27)/t17-,19-,20-/m0/s1. The van der Waals surface area contributed by atoms with E-state index in [0.29, 0.717) is 29.8 Å². The number of amides is 1. The highest BCUT2D eigenvalue weighted by Crippen LogP contribution is 2.22. The van der Waals surface area contributed by atoms with Gasteiger partial charge in [-0.05, 0) is 61.7 Å². The number of benzene rings is 2. The van der Waals surface area contributed by atoms with Crippen LogP contribution in [-0.4, -0.2) is 50.8 Å². The monoisotopic (exact) mass is 470 g/mol. The molecule has 7 nitrogen and oxygen atoms in total. The van der Waals surface area contributed by atoms with Crippen LogP contribution in [0, 0.1) is 5.82 Å². The van der Waals surface area contributed by atoms with Crippen LogP contribution in [0.4, 0.5) is 4.39 Å². The molecule has 10 heteroatoms. The fourth-order valence-electron chi connectivity index (χ4n) is 3.43. The van der Waals surface area contributed by atoms with Gasteiger partial charge in [0.25, 0.3) is 5.91 Å². The molecule has 1 fully saturated rings. The zero-order chi connectivity index (χ0) is 22.4. The van der Waals surface area contributed by atoms with Crippen molar-refractivity contribution in [2.24, 2.45) is 0 Å². The van der Waals surface area contributed by atoms with Gasteiger partial charge in [-0.2, -0.15) is 0 Å². The first-order valence-electron chi connectivity index (χ1n) is 9.86. The van der Waals surface area contributed by atoms with Gasteiger partial charge in [-0.25, -0.2) is 17.5 Å². The number of ether oxygens (including phenoxy) is 1. The van der Waals surface area contributed by atoms with E-state index in [2.05, 4.69) is 10.0 Å². The fourth-order valence-corrected chi connectivity index (χ4v) is 4.78. The van der Waals surface area contributed by atoms with Crippen molar-refractivity contribution in [3.05, 3.63) is 64.9 Å². The number of carbonyl (C=O) groups excluding carboxylic acids is 1. The van der Waals surface area contributed by atoms with Gasteiger partial charge >= 0.3 is 0 Å². The number of hydrogen-bond acceptors (Lipinski definition) is 5. The fraction of sp³-hybridized carbons (Fsp3) is 0.381. The first-order valence-corrected chi connectivity index (χ1v) is 11.7. The highest BCUT2D eigenvalue weighted by atomic mass is 35.5. The average Bonchev–Trinajstić information content (AvgIpc) is 2.75. The Morgan fingerprint density at radius 3 is 2.61 bits per heavy atom. The summed E-state index contributed by atoms with van der Waals surface area (Å²) in [6.45, 7) is -0.136. The predicted molar refractivity (Wildman–Crippen MR) is 114 cm³/mol. The minimum absolute atomic E-state index is 0.0846. The second-order valence-corrected chi connectivity index (χ2v) is 9.49. The summed E-state index contributed by atoms with van der Waals surface area (Å²) in [6.07, 6.45) is 0.675. The summed E-state index contributed by atoms with van der Waals surface area (Å²) >= 11 is 5.85. The highest BCUT2D eigenvalue weighted by Gasteiger charge is 2.32. The lowest BCUT2D eigenvalue weighted by atomic mass is 9.97. The summed E-state index contributed by atoms with van der Waals surface area (Å²) in [5.74, 6) is -0.806. The quantitative estimate of drug-likeness (QED) is 0.549. The molecule has 3 N–H and O–H groups in total. The molecule has 0 radical (unpaired) electrons. The van der Waals surface area contributed by atoms with E-state index in [0.717, 1.165) is 0 Å². The van der Waals surface area contributed by atoms with Crippen molar-refractivity contribution in [2.75, 3.05) is 13.2 Å². The van der Waals surface area contributed by atoms with Crippen LogP contribution in [0.5, 0.6) is 0 Å². The molecular formula is C21H24ClFN2O5S. The van der Waals surface area contributed by atoms with Gasteiger partial charge in [-0.15, -0.1) is 0 Å². The van der Waals surface area contributed by atoms with Gasteiger partial charge < -0.3 is 15.2 Å². The molecule has 3 rings (SSSR count). The molecule has 1 aliphatic rings. The topological polar surface area (TPSA) is 105 Å². The average molecular weight is 471 g/mol. The van der Waals surface area contributed by atoms with Crippen molar-refractivity contribution >= 4 is 27.5 Å². The van der Waals surface area contributed by atoms with Crippen molar-refractivity contribution in [2.45, 2.75) is 42.4 Å². The van der Waals surface area contributed by atoms with Gasteiger partial charge in [0.05, 0.1) is 23.6 Å². The van der Waals surface area contributed by atoms with Gasteiger partial charge in [0.15, 0.2) is 0 Å². The van der Waals surface area contributed by atoms with Gasteiger partial charge in [0.2, 0.25) is 10.0 Å². The number of nitrogens with one attached hydrogen (secondary N) is 2. The van der Waals surface area contributed by atoms with Gasteiger partial charge in [0, 0.05) is 17.1 Å². The van der Waals surface area contributed by atoms with E-state index in [-0.39, 0.29) is 30.1 Å². The Morgan fingerprint density at radius 2 is 1.94 bits per heavy atom. The predicted octanol–water partition coefficient (Wildman–Crippen LogP) is 2.49. The molecule has 0 saturated carbocycles. The Hall–Kier alpha value is -2.04. The number of carbonyl (C=O) groups is 1. The van der Waals surface area contributed by atoms with Gasteiger partial charge in [-0.3, -0.25) is 4.79 Å². The maximum absolute atomic E-state index is 13.0. The van der Waals surface area contributed by atoms with Crippen LogP contribution in [0.15, 0.2) is 53.4 Å². The molecule has 1 saturated heterocycles. The van der Waals surface area contributed by atoms with Crippen LogP contribution < -0.4 is 10.0 Å². The van der Waals surface area contributed by atoms with E-state index in [1.807, 2.05) is 0 Å². The summed E-state index contributed by atoms with van der Waals surface area (Å²) < 4.78 is 46.1. The third-order valence-electron chi connectivity index (χ3n) is 5.08. The van der Waals surface area contributed by atoms with Crippen molar-refractivity contribution in [3.8, 4) is 0 Å². The lowest BCUT2D eigenvalue weighted by Gasteiger charge is -2.36. The number of rotatable bonds is 8. The zero-order valence-corrected chi connectivity index (χ0v) is 18.2. The molecule has 0 unspecified atom stereocenters. The smallest absolute Gasteiger partial charge is 0.251 e. The molecular weight excluding hydrogens is 447 g/mol. The maximum Gasteiger partial charge on any atom is 0.251 e. The van der Waals surface area contributed by atoms with Gasteiger partial charge in [-0.1, -0.05) is 17.7 Å². The van der Waals surface area contributed by atoms with Gasteiger partial charge in [0.1, 0.15) is 11.9 Å². The van der Waals surface area contributed by atoms with E-state index in [1.165, 1.54) is 36.4 Å². The Kier molecular flexibility index (Phi) is 8.01. The maximum atomic E-state index is 13.0. The largest absolute Gasteiger partial charge is 0.394 e. The third kappa shape index (κ3) is 6.47. The SMILES string of the molecule is O=C(N[C@H]1CC[C@@H](CCNS(=O)(=O)c2cccc(Cl)c2)O[C@H]1CO)c1ccc(F)cc1. The summed E-state index contributed by atoms with van der Waals surface area (Å²) in [6, 6.07) is 10.8. The Morgan fingerprint density at radius 1 is 1.19 bits per heavy atom. The van der Waals surface area contributed by atoms with E-state index >= 15 is 0 Å². The minimum atomic E-state index is -3.69. The lowest BCUT2D eigenvalue weighted by Crippen LogP contribution is -2.51. The van der Waals surface area contributed by atoms with Crippen molar-refractivity contribution in [1.82, 2.24) is 10.0 Å². The molecule has 31 heavy (non-hydrogen) atoms. The molecule has 2 aromatic rings. The van der Waals surface area contributed by atoms with Crippen LogP contribution in [0.2, 0.25) is 5.02 Å². The number of halogens is 2. The molecule has 0 spiro atoms. The Balaban J connectivity index is 1.50. The summed E-state index contributed by atoms with van der Waals surface area (Å²) in [5, 5.41) is 12.8. The normalized spacial score (nSPS) is 21.6. The van der Waals surface area contributed by atoms with E-state index in [1.54, 1.807) is 12.1 Å². The van der Waals surface area contributed by atoms with Crippen LogP contribution >= 0.6 is 11.6 Å². The molecule has 0 aromatic heterocycles. The first kappa shape index (κ1) is 23.6. The van der Waals surface area contributed by atoms with E-state index in [9.17, 15) is 22.7 Å². The number of aliphatic hydroxyl groups is 1. The van der Waals surface area contributed by atoms with Crippen molar-refractivity contribution in [3.63, 3.8) is 0 Å². The lowest BCUT2D eigenvalue weighted by molar-refractivity contribution is -0.0891. The summed E-state index contributed by atoms with van der Waals surface area (Å²) in [4.78, 5) is 12.4. The van der Waals surface area contributed by atoms with E-state index < -0.39 is 28.0 Å². The number of sulfonamides is 1. The zero-order valence-electron chi connectivity index (χ0n) is 16.6. The number of aliphatic hydroxyl groups excluding tert-OH is 1. The number of hydrogen-bond donors (Lipinski definition) is 3. The van der Waals surface area contributed by atoms with Crippen molar-refractivity contribution < 1.29 is 27.4 Å². The third-order valence-corrected chi connectivity index (χ3v) is 6.78. The Labute approximate surface area is 185 Å². The summed E-state index contributed by atoms with van der Waals surface area (Å²) in [5.41, 5.74) is 0.315. The molecule has 168 valence electrons. The van der Waals surface area contributed by atoms with Crippen LogP contribution in [0.1, 0.15) is 29.6 Å². The van der Waals surface area contributed by atoms with Crippen LogP contribution in [0.25, 0.3) is 0 Å². The summed E-state index contributed by atoms with van der Waals surface area (Å²) in [7, 11) is -3.69. The molecule has 0 aliphatic carbocycles. The minimum Gasteiger partial charge on any atom is -0.394 e. The van der Waals surface area contributed by atoms with Crippen LogP contribution in [0.3, 0.4) is 0 Å². The second kappa shape index (κ2) is 10.5. The molecule has 2 aromatic carbocycles. The first-order chi connectivity index (χ1) is 14.8. The molecule has 1 aliphatic heterocycles. The molecule has 3 atom stereocenters. The highest BCUT2D eigenvalue weighted by molar-refractivity contribution is 7.89. The van der Waals surface area contributed by atoms with Crippen LogP contribution in [-0.2, 0) is 14.8 Å². The second-order valence-electron chi connectivity index (χ2n) is 7.29. The molecule has 1 heterocycles. The van der Waals surface area contributed by atoms with E-state index in [4.69, 9.17) is 16.3 Å². The molecule has 1 amide bonds. The Bertz CT molecular complexity index is 1000.